The topological polar surface area (TPSA) is 107 Å². The van der Waals surface area contributed by atoms with Crippen molar-refractivity contribution < 1.29 is 14.5 Å². The number of nitro groups is 1. The van der Waals surface area contributed by atoms with Crippen LogP contribution in [0.25, 0.3) is 5.65 Å². The molecule has 0 saturated carbocycles. The summed E-state index contributed by atoms with van der Waals surface area (Å²) in [6.07, 6.45) is 3.65. The van der Waals surface area contributed by atoms with E-state index in [-0.39, 0.29) is 23.4 Å². The predicted octanol–water partition coefficient (Wildman–Crippen LogP) is 2.87. The van der Waals surface area contributed by atoms with E-state index >= 15 is 0 Å². The maximum absolute atomic E-state index is 12.4. The Bertz CT molecular complexity index is 1200. The Balaban J connectivity index is 1.53. The van der Waals surface area contributed by atoms with Crippen LogP contribution in [0.15, 0.2) is 47.4 Å². The van der Waals surface area contributed by atoms with Gasteiger partial charge in [0.25, 0.3) is 11.2 Å². The molecule has 9 nitrogen and oxygen atoms in total. The number of esters is 1. The first-order chi connectivity index (χ1) is 14.4. The Hall–Kier alpha value is -3.75. The fourth-order valence-electron chi connectivity index (χ4n) is 3.58. The Morgan fingerprint density at radius 2 is 1.97 bits per heavy atom. The zero-order chi connectivity index (χ0) is 21.3. The smallest absolute Gasteiger partial charge is 0.338 e. The fourth-order valence-corrected chi connectivity index (χ4v) is 3.58. The number of fused-ring (bicyclic) bond motifs is 1. The summed E-state index contributed by atoms with van der Waals surface area (Å²) in [4.78, 5) is 42.0. The molecule has 0 amide bonds. The van der Waals surface area contributed by atoms with Gasteiger partial charge in [-0.05, 0) is 43.5 Å². The largest absolute Gasteiger partial charge is 0.456 e. The highest BCUT2D eigenvalue weighted by atomic mass is 16.6. The number of pyridine rings is 1. The number of benzene rings is 1. The van der Waals surface area contributed by atoms with Crippen molar-refractivity contribution in [3.8, 4) is 0 Å². The molecule has 9 heteroatoms. The first-order valence-corrected chi connectivity index (χ1v) is 9.62. The lowest BCUT2D eigenvalue weighted by Gasteiger charge is -2.17. The second-order valence-corrected chi connectivity index (χ2v) is 7.25. The normalized spacial score (nSPS) is 13.6. The van der Waals surface area contributed by atoms with Crippen LogP contribution in [0.5, 0.6) is 0 Å². The maximum atomic E-state index is 12.4. The molecule has 154 valence electrons. The molecule has 0 N–H and O–H groups in total. The van der Waals surface area contributed by atoms with Crippen molar-refractivity contribution in [2.75, 3.05) is 18.0 Å². The zero-order valence-corrected chi connectivity index (χ0v) is 16.4. The minimum absolute atomic E-state index is 0.0813. The van der Waals surface area contributed by atoms with Crippen molar-refractivity contribution in [2.45, 2.75) is 26.4 Å². The minimum Gasteiger partial charge on any atom is -0.456 e. The van der Waals surface area contributed by atoms with Gasteiger partial charge < -0.3 is 9.64 Å². The number of aromatic nitrogens is 2. The van der Waals surface area contributed by atoms with Crippen molar-refractivity contribution in [2.24, 2.45) is 0 Å². The molecule has 3 aromatic rings. The van der Waals surface area contributed by atoms with Crippen LogP contribution < -0.4 is 10.5 Å². The molecule has 0 atom stereocenters. The van der Waals surface area contributed by atoms with Crippen LogP contribution in [0.4, 0.5) is 11.4 Å². The summed E-state index contributed by atoms with van der Waals surface area (Å²) in [6, 6.07) is 9.19. The molecule has 4 rings (SSSR count). The molecule has 1 saturated heterocycles. The van der Waals surface area contributed by atoms with E-state index in [4.69, 9.17) is 4.74 Å². The maximum Gasteiger partial charge on any atom is 0.338 e. The summed E-state index contributed by atoms with van der Waals surface area (Å²) >= 11 is 0. The van der Waals surface area contributed by atoms with E-state index in [0.29, 0.717) is 17.0 Å². The summed E-state index contributed by atoms with van der Waals surface area (Å²) in [5.74, 6) is -0.711. The van der Waals surface area contributed by atoms with Crippen LogP contribution in [0.2, 0.25) is 0 Å². The summed E-state index contributed by atoms with van der Waals surface area (Å²) in [5, 5.41) is 11.5. The van der Waals surface area contributed by atoms with Gasteiger partial charge in [-0.15, -0.1) is 0 Å². The van der Waals surface area contributed by atoms with Crippen molar-refractivity contribution in [3.05, 3.63) is 79.9 Å². The Labute approximate surface area is 171 Å². The highest BCUT2D eigenvalue weighted by molar-refractivity contribution is 5.91. The van der Waals surface area contributed by atoms with E-state index < -0.39 is 10.9 Å². The Kier molecular flexibility index (Phi) is 5.18. The van der Waals surface area contributed by atoms with E-state index in [1.165, 1.54) is 22.6 Å². The third-order valence-electron chi connectivity index (χ3n) is 5.07. The molecule has 0 unspecified atom stereocenters. The van der Waals surface area contributed by atoms with E-state index in [2.05, 4.69) is 4.98 Å². The number of aryl methyl sites for hydroxylation is 1. The molecule has 1 fully saturated rings. The van der Waals surface area contributed by atoms with Gasteiger partial charge in [0.2, 0.25) is 0 Å². The quantitative estimate of drug-likeness (QED) is 0.363. The molecule has 3 heterocycles. The molecular formula is C21H20N4O5. The molecule has 0 radical (unpaired) electrons. The van der Waals surface area contributed by atoms with E-state index in [0.717, 1.165) is 31.5 Å². The van der Waals surface area contributed by atoms with Crippen molar-refractivity contribution >= 4 is 23.0 Å². The number of nitro benzene ring substituents is 1. The van der Waals surface area contributed by atoms with Crippen LogP contribution in [0.1, 0.15) is 34.5 Å². The molecule has 30 heavy (non-hydrogen) atoms. The lowest BCUT2D eigenvalue weighted by molar-refractivity contribution is -0.384. The summed E-state index contributed by atoms with van der Waals surface area (Å²) in [5.41, 5.74) is 1.87. The second-order valence-electron chi connectivity index (χ2n) is 7.25. The monoisotopic (exact) mass is 408 g/mol. The summed E-state index contributed by atoms with van der Waals surface area (Å²) < 4.78 is 6.67. The van der Waals surface area contributed by atoms with Crippen LogP contribution in [0, 0.1) is 17.0 Å². The SMILES string of the molecule is Cc1ccc2nc(COC(=O)c3ccc(N4CCCC4)c([N+](=O)[O-])c3)cc(=O)n2c1. The van der Waals surface area contributed by atoms with Gasteiger partial charge in [-0.25, -0.2) is 9.78 Å². The third-order valence-corrected chi connectivity index (χ3v) is 5.07. The molecule has 2 aromatic heterocycles. The van der Waals surface area contributed by atoms with E-state index in [1.807, 2.05) is 17.9 Å². The van der Waals surface area contributed by atoms with Gasteiger partial charge in [-0.1, -0.05) is 6.07 Å². The summed E-state index contributed by atoms with van der Waals surface area (Å²) in [7, 11) is 0. The van der Waals surface area contributed by atoms with E-state index in [1.54, 1.807) is 18.3 Å². The number of carbonyl (C=O) groups is 1. The molecule has 0 bridgehead atoms. The first-order valence-electron chi connectivity index (χ1n) is 9.62. The van der Waals surface area contributed by atoms with E-state index in [9.17, 15) is 19.7 Å². The number of anilines is 1. The molecule has 1 aromatic carbocycles. The minimum atomic E-state index is -0.711. The molecule has 0 aliphatic carbocycles. The lowest BCUT2D eigenvalue weighted by atomic mass is 10.1. The molecular weight excluding hydrogens is 388 g/mol. The first kappa shape index (κ1) is 19.6. The number of nitrogens with zero attached hydrogens (tertiary/aromatic N) is 4. The number of hydrogen-bond donors (Lipinski definition) is 0. The van der Waals surface area contributed by atoms with Crippen molar-refractivity contribution in [3.63, 3.8) is 0 Å². The Morgan fingerprint density at radius 3 is 2.70 bits per heavy atom. The van der Waals surface area contributed by atoms with Gasteiger partial charge in [0.05, 0.1) is 16.2 Å². The molecule has 1 aliphatic heterocycles. The highest BCUT2D eigenvalue weighted by Crippen LogP contribution is 2.31. The highest BCUT2D eigenvalue weighted by Gasteiger charge is 2.24. The molecule has 1 aliphatic rings. The number of ether oxygens (including phenoxy) is 1. The van der Waals surface area contributed by atoms with Crippen LogP contribution in [-0.4, -0.2) is 33.4 Å². The standard InChI is InChI=1S/C21H20N4O5/c1-14-4-7-19-22-16(11-20(26)24(19)12-14)13-30-21(27)15-5-6-17(18(10-15)25(28)29)23-8-2-3-9-23/h4-7,10-12H,2-3,8-9,13H2,1H3. The van der Waals surface area contributed by atoms with Crippen molar-refractivity contribution in [1.82, 2.24) is 9.38 Å². The van der Waals surface area contributed by atoms with Gasteiger partial charge in [0.1, 0.15) is 17.9 Å². The average molecular weight is 408 g/mol. The third kappa shape index (κ3) is 3.86. The van der Waals surface area contributed by atoms with Crippen LogP contribution in [-0.2, 0) is 11.3 Å². The van der Waals surface area contributed by atoms with Crippen molar-refractivity contribution in [1.29, 1.82) is 0 Å². The predicted molar refractivity (Wildman–Crippen MR) is 110 cm³/mol. The number of carbonyl (C=O) groups excluding carboxylic acids is 1. The number of rotatable bonds is 5. The van der Waals surface area contributed by atoms with Gasteiger partial charge in [0, 0.05) is 31.4 Å². The van der Waals surface area contributed by atoms with Crippen LogP contribution in [0.3, 0.4) is 0 Å². The second kappa shape index (κ2) is 7.94. The average Bonchev–Trinajstić information content (AvgIpc) is 3.27. The molecule has 0 spiro atoms. The van der Waals surface area contributed by atoms with Gasteiger partial charge in [0.15, 0.2) is 0 Å². The van der Waals surface area contributed by atoms with Gasteiger partial charge >= 0.3 is 5.97 Å². The number of hydrogen-bond acceptors (Lipinski definition) is 7. The summed E-state index contributed by atoms with van der Waals surface area (Å²) in [6.45, 7) is 3.18. The lowest BCUT2D eigenvalue weighted by Crippen LogP contribution is -2.19. The van der Waals surface area contributed by atoms with Gasteiger partial charge in [-0.3, -0.25) is 19.3 Å². The zero-order valence-electron chi connectivity index (χ0n) is 16.4. The van der Waals surface area contributed by atoms with Crippen LogP contribution >= 0.6 is 0 Å². The Morgan fingerprint density at radius 1 is 1.20 bits per heavy atom. The van der Waals surface area contributed by atoms with Gasteiger partial charge in [-0.2, -0.15) is 0 Å². The fraction of sp³-hybridized carbons (Fsp3) is 0.286.